The summed E-state index contributed by atoms with van der Waals surface area (Å²) in [5.41, 5.74) is 3.18. The van der Waals surface area contributed by atoms with Crippen molar-refractivity contribution in [1.82, 2.24) is 4.98 Å². The molecule has 19 heavy (non-hydrogen) atoms. The Morgan fingerprint density at radius 1 is 1.11 bits per heavy atom. The van der Waals surface area contributed by atoms with Gasteiger partial charge in [-0.1, -0.05) is 19.9 Å². The molecule has 1 aromatic carbocycles. The summed E-state index contributed by atoms with van der Waals surface area (Å²) in [6.07, 6.45) is 0. The van der Waals surface area contributed by atoms with Gasteiger partial charge in [-0.3, -0.25) is 4.98 Å². The highest BCUT2D eigenvalue weighted by atomic mass is 19.1. The molecule has 1 aromatic heterocycles. The van der Waals surface area contributed by atoms with Gasteiger partial charge in [-0.25, -0.2) is 4.39 Å². The van der Waals surface area contributed by atoms with Gasteiger partial charge in [0.05, 0.1) is 7.11 Å². The molecule has 3 heteroatoms. The molecular formula is C16H18FNO. The van der Waals surface area contributed by atoms with E-state index in [1.807, 2.05) is 19.1 Å². The molecule has 2 aromatic rings. The molecule has 2 rings (SSSR count). The third kappa shape index (κ3) is 2.75. The maximum atomic E-state index is 13.9. The molecule has 0 spiro atoms. The lowest BCUT2D eigenvalue weighted by Gasteiger charge is -2.11. The predicted octanol–water partition coefficient (Wildman–Crippen LogP) is 4.33. The Morgan fingerprint density at radius 3 is 2.42 bits per heavy atom. The average molecular weight is 259 g/mol. The molecule has 0 aliphatic heterocycles. The molecule has 0 amide bonds. The molecule has 1 heterocycles. The fourth-order valence-electron chi connectivity index (χ4n) is 2.02. The average Bonchev–Trinajstić information content (AvgIpc) is 2.39. The summed E-state index contributed by atoms with van der Waals surface area (Å²) in [5, 5.41) is 0. The molecule has 0 atom stereocenters. The van der Waals surface area contributed by atoms with Crippen molar-refractivity contribution in [3.05, 3.63) is 47.5 Å². The number of rotatable bonds is 3. The van der Waals surface area contributed by atoms with Crippen LogP contribution in [0.2, 0.25) is 0 Å². The number of pyridine rings is 1. The van der Waals surface area contributed by atoms with Crippen LogP contribution >= 0.6 is 0 Å². The largest absolute Gasteiger partial charge is 0.497 e. The smallest absolute Gasteiger partial charge is 0.131 e. The normalized spacial score (nSPS) is 10.8. The first-order valence-corrected chi connectivity index (χ1v) is 6.34. The second-order valence-electron chi connectivity index (χ2n) is 4.87. The monoisotopic (exact) mass is 259 g/mol. The third-order valence-corrected chi connectivity index (χ3v) is 3.16. The summed E-state index contributed by atoms with van der Waals surface area (Å²) in [6.45, 7) is 6.08. The van der Waals surface area contributed by atoms with Crippen molar-refractivity contribution in [2.75, 3.05) is 7.11 Å². The quantitative estimate of drug-likeness (QED) is 0.818. The second-order valence-corrected chi connectivity index (χ2v) is 4.87. The fourth-order valence-corrected chi connectivity index (χ4v) is 2.02. The molecular weight excluding hydrogens is 241 g/mol. The van der Waals surface area contributed by atoms with E-state index in [9.17, 15) is 4.39 Å². The number of benzene rings is 1. The van der Waals surface area contributed by atoms with Gasteiger partial charge in [0.25, 0.3) is 0 Å². The van der Waals surface area contributed by atoms with E-state index < -0.39 is 0 Å². The molecule has 0 unspecified atom stereocenters. The summed E-state index contributed by atoms with van der Waals surface area (Å²) >= 11 is 0. The van der Waals surface area contributed by atoms with Crippen LogP contribution < -0.4 is 4.74 Å². The fraction of sp³-hybridized carbons (Fsp3) is 0.312. The first-order valence-electron chi connectivity index (χ1n) is 6.34. The Balaban J connectivity index is 2.53. The molecule has 0 aliphatic rings. The number of aromatic nitrogens is 1. The van der Waals surface area contributed by atoms with E-state index >= 15 is 0 Å². The zero-order valence-electron chi connectivity index (χ0n) is 11.7. The van der Waals surface area contributed by atoms with Crippen molar-refractivity contribution in [1.29, 1.82) is 0 Å². The summed E-state index contributed by atoms with van der Waals surface area (Å²) < 4.78 is 19.1. The Morgan fingerprint density at radius 2 is 1.84 bits per heavy atom. The molecule has 0 fully saturated rings. The van der Waals surface area contributed by atoms with E-state index in [4.69, 9.17) is 4.74 Å². The molecule has 0 saturated carbocycles. The number of aryl methyl sites for hydroxylation is 1. The number of methoxy groups -OCH3 is 1. The topological polar surface area (TPSA) is 22.1 Å². The minimum Gasteiger partial charge on any atom is -0.497 e. The first kappa shape index (κ1) is 13.5. The molecule has 2 nitrogen and oxygen atoms in total. The van der Waals surface area contributed by atoms with Crippen LogP contribution in [0.5, 0.6) is 5.75 Å². The van der Waals surface area contributed by atoms with Crippen LogP contribution in [-0.2, 0) is 0 Å². The van der Waals surface area contributed by atoms with Crippen molar-refractivity contribution in [3.63, 3.8) is 0 Å². The van der Waals surface area contributed by atoms with E-state index in [1.165, 1.54) is 6.07 Å². The number of nitrogens with zero attached hydrogens (tertiary/aromatic N) is 1. The number of halogens is 1. The van der Waals surface area contributed by atoms with Gasteiger partial charge in [0.2, 0.25) is 0 Å². The molecule has 0 bridgehead atoms. The molecule has 0 radical (unpaired) electrons. The zero-order valence-corrected chi connectivity index (χ0v) is 11.7. The molecule has 0 aliphatic carbocycles. The Bertz CT molecular complexity index is 593. The van der Waals surface area contributed by atoms with Crippen molar-refractivity contribution in [3.8, 4) is 16.9 Å². The van der Waals surface area contributed by atoms with Crippen LogP contribution in [0.25, 0.3) is 11.1 Å². The minimum atomic E-state index is -0.261. The summed E-state index contributed by atoms with van der Waals surface area (Å²) in [5.74, 6) is 0.745. The predicted molar refractivity (Wildman–Crippen MR) is 75.0 cm³/mol. The minimum absolute atomic E-state index is 0.261. The van der Waals surface area contributed by atoms with Crippen molar-refractivity contribution in [2.45, 2.75) is 26.7 Å². The Labute approximate surface area is 113 Å². The van der Waals surface area contributed by atoms with Crippen LogP contribution in [0.3, 0.4) is 0 Å². The van der Waals surface area contributed by atoms with Crippen LogP contribution in [0.4, 0.5) is 4.39 Å². The van der Waals surface area contributed by atoms with Gasteiger partial charge < -0.3 is 4.74 Å². The van der Waals surface area contributed by atoms with E-state index in [0.29, 0.717) is 17.2 Å². The van der Waals surface area contributed by atoms with Crippen molar-refractivity contribution >= 4 is 0 Å². The van der Waals surface area contributed by atoms with Gasteiger partial charge in [-0.05, 0) is 37.1 Å². The van der Waals surface area contributed by atoms with Crippen molar-refractivity contribution < 1.29 is 9.13 Å². The maximum Gasteiger partial charge on any atom is 0.131 e. The van der Waals surface area contributed by atoms with E-state index in [0.717, 1.165) is 17.0 Å². The lowest BCUT2D eigenvalue weighted by molar-refractivity contribution is 0.414. The van der Waals surface area contributed by atoms with E-state index in [2.05, 4.69) is 18.8 Å². The number of ether oxygens (including phenoxy) is 1. The number of hydrogen-bond donors (Lipinski definition) is 0. The van der Waals surface area contributed by atoms with Gasteiger partial charge in [0, 0.05) is 22.5 Å². The zero-order chi connectivity index (χ0) is 14.0. The Kier molecular flexibility index (Phi) is 3.84. The second kappa shape index (κ2) is 5.39. The van der Waals surface area contributed by atoms with Crippen LogP contribution in [0, 0.1) is 12.7 Å². The lowest BCUT2D eigenvalue weighted by atomic mass is 10.0. The number of hydrogen-bond acceptors (Lipinski definition) is 2. The van der Waals surface area contributed by atoms with E-state index in [-0.39, 0.29) is 5.82 Å². The van der Waals surface area contributed by atoms with Gasteiger partial charge in [0.1, 0.15) is 11.6 Å². The molecule has 0 N–H and O–H groups in total. The highest BCUT2D eigenvalue weighted by Crippen LogP contribution is 2.29. The lowest BCUT2D eigenvalue weighted by Crippen LogP contribution is -1.98. The van der Waals surface area contributed by atoms with Gasteiger partial charge >= 0.3 is 0 Å². The van der Waals surface area contributed by atoms with Crippen LogP contribution in [0.15, 0.2) is 30.3 Å². The highest BCUT2D eigenvalue weighted by Gasteiger charge is 2.11. The van der Waals surface area contributed by atoms with Gasteiger partial charge in [-0.2, -0.15) is 0 Å². The summed E-state index contributed by atoms with van der Waals surface area (Å²) in [4.78, 5) is 4.54. The van der Waals surface area contributed by atoms with Gasteiger partial charge in [-0.15, -0.1) is 0 Å². The molecule has 100 valence electrons. The highest BCUT2D eigenvalue weighted by molar-refractivity contribution is 5.68. The standard InChI is InChI=1S/C16H18FNO/c1-10(2)16-8-6-13(11(3)18-16)14-9-12(19-4)5-7-15(14)17/h5-10H,1-4H3. The first-order chi connectivity index (χ1) is 9.02. The third-order valence-electron chi connectivity index (χ3n) is 3.16. The summed E-state index contributed by atoms with van der Waals surface area (Å²) in [7, 11) is 1.57. The maximum absolute atomic E-state index is 13.9. The van der Waals surface area contributed by atoms with Gasteiger partial charge in [0.15, 0.2) is 0 Å². The molecule has 0 saturated heterocycles. The van der Waals surface area contributed by atoms with Crippen molar-refractivity contribution in [2.24, 2.45) is 0 Å². The van der Waals surface area contributed by atoms with Crippen LogP contribution in [-0.4, -0.2) is 12.1 Å². The summed E-state index contributed by atoms with van der Waals surface area (Å²) in [6, 6.07) is 8.61. The Hall–Kier alpha value is -1.90. The SMILES string of the molecule is COc1ccc(F)c(-c2ccc(C(C)C)nc2C)c1. The van der Waals surface area contributed by atoms with Crippen LogP contribution in [0.1, 0.15) is 31.2 Å². The van der Waals surface area contributed by atoms with E-state index in [1.54, 1.807) is 19.2 Å².